The van der Waals surface area contributed by atoms with Crippen LogP contribution in [-0.4, -0.2) is 30.9 Å². The molecule has 0 aliphatic rings. The van der Waals surface area contributed by atoms with Crippen LogP contribution in [0.15, 0.2) is 58.4 Å². The largest absolute Gasteiger partial charge is 0.305 e. The molecule has 1 amide bonds. The van der Waals surface area contributed by atoms with Gasteiger partial charge in [-0.25, -0.2) is 8.42 Å². The van der Waals surface area contributed by atoms with Gasteiger partial charge in [-0.3, -0.25) is 4.79 Å². The summed E-state index contributed by atoms with van der Waals surface area (Å²) >= 11 is 3.07. The number of thioether (sulfide) groups is 1. The van der Waals surface area contributed by atoms with Crippen molar-refractivity contribution in [1.29, 1.82) is 0 Å². The number of nitrogens with zero attached hydrogens (tertiary/aromatic N) is 2. The molecule has 8 heteroatoms. The monoisotopic (exact) mass is 458 g/mol. The number of fused-ring (bicyclic) bond motifs is 1. The number of rotatable bonds is 8. The van der Waals surface area contributed by atoms with Crippen molar-refractivity contribution in [2.75, 3.05) is 12.0 Å². The van der Waals surface area contributed by atoms with Gasteiger partial charge in [-0.2, -0.15) is 16.8 Å². The van der Waals surface area contributed by atoms with Crippen LogP contribution in [0.3, 0.4) is 0 Å². The summed E-state index contributed by atoms with van der Waals surface area (Å²) in [5.74, 6) is 4.18. The van der Waals surface area contributed by atoms with E-state index < -0.39 is 9.84 Å². The van der Waals surface area contributed by atoms with E-state index in [9.17, 15) is 13.2 Å². The standard InChI is InChI=1S/C22H22N2O3S3/c1-3-13-24-19-12-11-18(30(2,26)27)15-20(19)29-22(24)23-21(25)10-7-14-28-16-17-8-5-4-6-9-17/h1,4-6,8-9,11-12,15H,7,10,13-14,16H2,2H3. The van der Waals surface area contributed by atoms with Gasteiger partial charge in [0.1, 0.15) is 0 Å². The Morgan fingerprint density at radius 3 is 2.70 bits per heavy atom. The number of carbonyl (C=O) groups is 1. The van der Waals surface area contributed by atoms with E-state index in [0.29, 0.717) is 11.2 Å². The summed E-state index contributed by atoms with van der Waals surface area (Å²) in [5.41, 5.74) is 2.04. The second-order valence-electron chi connectivity index (χ2n) is 6.72. The molecule has 0 aliphatic heterocycles. The van der Waals surface area contributed by atoms with Gasteiger partial charge in [0.05, 0.1) is 21.7 Å². The Labute approximate surface area is 184 Å². The number of benzene rings is 2. The molecule has 0 unspecified atom stereocenters. The van der Waals surface area contributed by atoms with E-state index in [0.717, 1.165) is 28.1 Å². The fourth-order valence-corrected chi connectivity index (χ4v) is 5.59. The molecule has 1 aromatic heterocycles. The summed E-state index contributed by atoms with van der Waals surface area (Å²) in [6.45, 7) is 0.261. The molecule has 0 N–H and O–H groups in total. The Kier molecular flexibility index (Phi) is 7.53. The van der Waals surface area contributed by atoms with Crippen LogP contribution in [0.1, 0.15) is 18.4 Å². The first-order chi connectivity index (χ1) is 14.4. The minimum absolute atomic E-state index is 0.198. The number of aromatic nitrogens is 1. The lowest BCUT2D eigenvalue weighted by molar-refractivity contribution is -0.118. The molecule has 0 radical (unpaired) electrons. The predicted molar refractivity (Wildman–Crippen MR) is 124 cm³/mol. The highest BCUT2D eigenvalue weighted by atomic mass is 32.2. The highest BCUT2D eigenvalue weighted by Crippen LogP contribution is 2.22. The fourth-order valence-electron chi connectivity index (χ4n) is 2.87. The minimum Gasteiger partial charge on any atom is -0.305 e. The molecule has 5 nitrogen and oxygen atoms in total. The van der Waals surface area contributed by atoms with Gasteiger partial charge in [-0.05, 0) is 35.9 Å². The lowest BCUT2D eigenvalue weighted by Crippen LogP contribution is -2.16. The summed E-state index contributed by atoms with van der Waals surface area (Å²) in [6.07, 6.45) is 7.76. The quantitative estimate of drug-likeness (QED) is 0.379. The SMILES string of the molecule is C#CCn1c(=NC(=O)CCCSCc2ccccc2)sc2cc(S(C)(=O)=O)ccc21. The van der Waals surface area contributed by atoms with Gasteiger partial charge in [-0.1, -0.05) is 47.6 Å². The van der Waals surface area contributed by atoms with E-state index in [1.807, 2.05) is 18.2 Å². The number of terminal acetylenes is 1. The van der Waals surface area contributed by atoms with Crippen LogP contribution in [0.4, 0.5) is 0 Å². The van der Waals surface area contributed by atoms with Crippen molar-refractivity contribution < 1.29 is 13.2 Å². The van der Waals surface area contributed by atoms with Crippen molar-refractivity contribution in [1.82, 2.24) is 4.57 Å². The minimum atomic E-state index is -3.31. The zero-order valence-corrected chi connectivity index (χ0v) is 19.0. The fraction of sp³-hybridized carbons (Fsp3) is 0.273. The van der Waals surface area contributed by atoms with Gasteiger partial charge in [0.2, 0.25) is 5.91 Å². The Morgan fingerprint density at radius 1 is 1.23 bits per heavy atom. The van der Waals surface area contributed by atoms with Crippen LogP contribution >= 0.6 is 23.1 Å². The van der Waals surface area contributed by atoms with E-state index in [1.54, 1.807) is 34.5 Å². The van der Waals surface area contributed by atoms with Crippen LogP contribution in [0.2, 0.25) is 0 Å². The first kappa shape index (κ1) is 22.3. The molecule has 3 rings (SSSR count). The maximum absolute atomic E-state index is 12.4. The average molecular weight is 459 g/mol. The maximum Gasteiger partial charge on any atom is 0.248 e. The molecule has 0 saturated carbocycles. The number of sulfone groups is 1. The number of hydrogen-bond donors (Lipinski definition) is 0. The van der Waals surface area contributed by atoms with E-state index in [4.69, 9.17) is 6.42 Å². The van der Waals surface area contributed by atoms with E-state index >= 15 is 0 Å². The molecule has 0 saturated heterocycles. The van der Waals surface area contributed by atoms with E-state index in [-0.39, 0.29) is 17.3 Å². The molecule has 2 aromatic carbocycles. The Balaban J connectivity index is 1.70. The van der Waals surface area contributed by atoms with Crippen LogP contribution in [0, 0.1) is 12.3 Å². The van der Waals surface area contributed by atoms with Crippen LogP contribution in [-0.2, 0) is 26.9 Å². The Bertz CT molecular complexity index is 1250. The zero-order chi connectivity index (χ0) is 21.6. The maximum atomic E-state index is 12.4. The van der Waals surface area contributed by atoms with Crippen molar-refractivity contribution in [3.8, 4) is 12.3 Å². The van der Waals surface area contributed by atoms with Gasteiger partial charge < -0.3 is 4.57 Å². The molecule has 30 heavy (non-hydrogen) atoms. The average Bonchev–Trinajstić information content (AvgIpc) is 3.04. The third-order valence-corrected chi connectivity index (χ3v) is 7.61. The molecule has 156 valence electrons. The van der Waals surface area contributed by atoms with Gasteiger partial charge >= 0.3 is 0 Å². The lowest BCUT2D eigenvalue weighted by Gasteiger charge is -2.02. The first-order valence-corrected chi connectivity index (χ1v) is 13.2. The topological polar surface area (TPSA) is 68.5 Å². The van der Waals surface area contributed by atoms with Gasteiger partial charge in [0, 0.05) is 18.4 Å². The number of amides is 1. The molecule has 3 aromatic rings. The second-order valence-corrected chi connectivity index (χ2v) is 10.9. The molecule has 1 heterocycles. The Morgan fingerprint density at radius 2 is 2.00 bits per heavy atom. The van der Waals surface area contributed by atoms with Crippen LogP contribution in [0.5, 0.6) is 0 Å². The normalized spacial score (nSPS) is 12.2. The van der Waals surface area contributed by atoms with E-state index in [1.165, 1.54) is 23.2 Å². The molecule has 0 spiro atoms. The van der Waals surface area contributed by atoms with E-state index in [2.05, 4.69) is 23.0 Å². The third kappa shape index (κ3) is 5.85. The summed E-state index contributed by atoms with van der Waals surface area (Å²) in [5, 5.41) is 0. The van der Waals surface area contributed by atoms with Crippen LogP contribution in [0.25, 0.3) is 10.2 Å². The van der Waals surface area contributed by atoms with Crippen molar-refractivity contribution in [3.63, 3.8) is 0 Å². The summed E-state index contributed by atoms with van der Waals surface area (Å²) in [6, 6.07) is 15.1. The van der Waals surface area contributed by atoms with Gasteiger partial charge in [0.15, 0.2) is 14.6 Å². The van der Waals surface area contributed by atoms with Crippen molar-refractivity contribution >= 4 is 49.1 Å². The molecule has 0 bridgehead atoms. The summed E-state index contributed by atoms with van der Waals surface area (Å²) in [4.78, 5) is 17.4. The van der Waals surface area contributed by atoms with Crippen molar-refractivity contribution in [2.45, 2.75) is 30.0 Å². The number of thiazole rings is 1. The predicted octanol–water partition coefficient (Wildman–Crippen LogP) is 3.88. The molecular weight excluding hydrogens is 436 g/mol. The smallest absolute Gasteiger partial charge is 0.248 e. The number of carbonyl (C=O) groups excluding carboxylic acids is 1. The summed E-state index contributed by atoms with van der Waals surface area (Å²) < 4.78 is 26.1. The Hall–Kier alpha value is -2.34. The molecule has 0 atom stereocenters. The molecular formula is C22H22N2O3S3. The first-order valence-electron chi connectivity index (χ1n) is 9.34. The number of hydrogen-bond acceptors (Lipinski definition) is 5. The highest BCUT2D eigenvalue weighted by molar-refractivity contribution is 7.98. The summed E-state index contributed by atoms with van der Waals surface area (Å²) in [7, 11) is -3.31. The van der Waals surface area contributed by atoms with Crippen molar-refractivity contribution in [2.24, 2.45) is 4.99 Å². The molecule has 0 fully saturated rings. The lowest BCUT2D eigenvalue weighted by atomic mass is 10.2. The van der Waals surface area contributed by atoms with Crippen molar-refractivity contribution in [3.05, 3.63) is 58.9 Å². The van der Waals surface area contributed by atoms with Crippen LogP contribution < -0.4 is 4.80 Å². The molecule has 0 aliphatic carbocycles. The zero-order valence-electron chi connectivity index (χ0n) is 16.6. The van der Waals surface area contributed by atoms with Gasteiger partial charge in [0.25, 0.3) is 0 Å². The highest BCUT2D eigenvalue weighted by Gasteiger charge is 2.12. The third-order valence-electron chi connectivity index (χ3n) is 4.34. The van der Waals surface area contributed by atoms with Gasteiger partial charge in [-0.15, -0.1) is 6.42 Å². The second kappa shape index (κ2) is 10.1.